The highest BCUT2D eigenvalue weighted by Gasteiger charge is 2.09. The van der Waals surface area contributed by atoms with Crippen LogP contribution in [0.2, 0.25) is 0 Å². The Morgan fingerprint density at radius 1 is 1.44 bits per heavy atom. The molecular weight excluding hydrogens is 208 g/mol. The molecule has 0 saturated carbocycles. The van der Waals surface area contributed by atoms with Gasteiger partial charge in [-0.1, -0.05) is 18.2 Å². The Labute approximate surface area is 91.5 Å². The zero-order chi connectivity index (χ0) is 11.5. The minimum atomic E-state index is -0.875. The first-order chi connectivity index (χ1) is 7.68. The third kappa shape index (κ3) is 1.88. The molecule has 0 fully saturated rings. The van der Waals surface area contributed by atoms with Gasteiger partial charge in [-0.3, -0.25) is 4.98 Å². The van der Waals surface area contributed by atoms with Crippen molar-refractivity contribution in [1.82, 2.24) is 4.98 Å². The van der Waals surface area contributed by atoms with Crippen molar-refractivity contribution in [1.29, 1.82) is 0 Å². The highest BCUT2D eigenvalue weighted by Crippen LogP contribution is 2.25. The number of fused-ring (bicyclic) bond motifs is 1. The van der Waals surface area contributed by atoms with Crippen molar-refractivity contribution in [3.05, 3.63) is 36.0 Å². The van der Waals surface area contributed by atoms with E-state index in [0.29, 0.717) is 5.56 Å². The second kappa shape index (κ2) is 4.06. The molecule has 0 aliphatic carbocycles. The Morgan fingerprint density at radius 2 is 2.19 bits per heavy atom. The van der Waals surface area contributed by atoms with Crippen LogP contribution in [0.5, 0.6) is 5.75 Å². The summed E-state index contributed by atoms with van der Waals surface area (Å²) in [4.78, 5) is 14.6. The van der Waals surface area contributed by atoms with Crippen molar-refractivity contribution >= 4 is 17.0 Å². The van der Waals surface area contributed by atoms with E-state index in [1.807, 2.05) is 18.2 Å². The number of carbonyl (C=O) groups is 1. The Kier molecular flexibility index (Phi) is 2.59. The number of primary amides is 1. The maximum Gasteiger partial charge on any atom is 0.404 e. The predicted molar refractivity (Wildman–Crippen MR) is 57.8 cm³/mol. The molecule has 0 radical (unpaired) electrons. The van der Waals surface area contributed by atoms with Crippen LogP contribution >= 0.6 is 0 Å². The lowest BCUT2D eigenvalue weighted by atomic mass is 10.1. The lowest BCUT2D eigenvalue weighted by molar-refractivity contribution is 0.150. The minimum Gasteiger partial charge on any atom is -0.506 e. The number of rotatable bonds is 2. The highest BCUT2D eigenvalue weighted by atomic mass is 16.5. The molecule has 1 heterocycles. The van der Waals surface area contributed by atoms with Crippen LogP contribution < -0.4 is 5.73 Å². The number of hydrogen-bond acceptors (Lipinski definition) is 4. The van der Waals surface area contributed by atoms with E-state index in [-0.39, 0.29) is 12.4 Å². The largest absolute Gasteiger partial charge is 0.506 e. The topological polar surface area (TPSA) is 85.4 Å². The number of nitrogens with zero attached hydrogens (tertiary/aromatic N) is 1. The molecule has 82 valence electrons. The lowest BCUT2D eigenvalue weighted by Gasteiger charge is -2.07. The van der Waals surface area contributed by atoms with Gasteiger partial charge in [0.25, 0.3) is 0 Å². The van der Waals surface area contributed by atoms with Gasteiger partial charge >= 0.3 is 6.09 Å². The van der Waals surface area contributed by atoms with Gasteiger partial charge in [0.2, 0.25) is 0 Å². The van der Waals surface area contributed by atoms with Gasteiger partial charge in [0, 0.05) is 10.9 Å². The average molecular weight is 218 g/mol. The number of pyridine rings is 1. The molecule has 2 aromatic rings. The number of benzene rings is 1. The Hall–Kier alpha value is -2.30. The Balaban J connectivity index is 2.48. The van der Waals surface area contributed by atoms with E-state index in [1.54, 1.807) is 6.07 Å². The quantitative estimate of drug-likeness (QED) is 0.800. The summed E-state index contributed by atoms with van der Waals surface area (Å²) >= 11 is 0. The summed E-state index contributed by atoms with van der Waals surface area (Å²) in [6, 6.07) is 7.26. The number of hydrogen-bond donors (Lipinski definition) is 2. The second-order valence-corrected chi connectivity index (χ2v) is 3.25. The van der Waals surface area contributed by atoms with Crippen molar-refractivity contribution in [2.24, 2.45) is 5.73 Å². The van der Waals surface area contributed by atoms with Crippen molar-refractivity contribution in [2.45, 2.75) is 6.61 Å². The van der Waals surface area contributed by atoms with Crippen molar-refractivity contribution in [3.63, 3.8) is 0 Å². The van der Waals surface area contributed by atoms with Gasteiger partial charge in [0.1, 0.15) is 12.4 Å². The summed E-state index contributed by atoms with van der Waals surface area (Å²) < 4.78 is 4.67. The fourth-order valence-corrected chi connectivity index (χ4v) is 1.48. The number of carbonyl (C=O) groups excluding carboxylic acids is 1. The summed E-state index contributed by atoms with van der Waals surface area (Å²) in [6.45, 7) is -0.0653. The molecule has 0 saturated heterocycles. The number of aromatic hydroxyl groups is 1. The summed E-state index contributed by atoms with van der Waals surface area (Å²) in [5.74, 6) is -0.0139. The molecule has 0 spiro atoms. The van der Waals surface area contributed by atoms with Gasteiger partial charge in [-0.25, -0.2) is 4.79 Å². The van der Waals surface area contributed by atoms with Crippen LogP contribution in [-0.2, 0) is 11.3 Å². The normalized spacial score (nSPS) is 10.2. The molecule has 1 aromatic heterocycles. The molecule has 5 nitrogen and oxygen atoms in total. The molecule has 2 rings (SSSR count). The van der Waals surface area contributed by atoms with E-state index < -0.39 is 6.09 Å². The zero-order valence-electron chi connectivity index (χ0n) is 8.38. The van der Waals surface area contributed by atoms with Crippen LogP contribution in [0, 0.1) is 0 Å². The van der Waals surface area contributed by atoms with Gasteiger partial charge in [-0.2, -0.15) is 0 Å². The smallest absolute Gasteiger partial charge is 0.404 e. The third-order valence-electron chi connectivity index (χ3n) is 2.22. The molecule has 0 unspecified atom stereocenters. The van der Waals surface area contributed by atoms with E-state index in [1.165, 1.54) is 6.20 Å². The monoisotopic (exact) mass is 218 g/mol. The van der Waals surface area contributed by atoms with Gasteiger partial charge < -0.3 is 15.6 Å². The number of para-hydroxylation sites is 1. The van der Waals surface area contributed by atoms with E-state index in [2.05, 4.69) is 9.72 Å². The minimum absolute atomic E-state index is 0.0139. The van der Waals surface area contributed by atoms with E-state index in [0.717, 1.165) is 10.9 Å². The molecule has 16 heavy (non-hydrogen) atoms. The summed E-state index contributed by atoms with van der Waals surface area (Å²) in [7, 11) is 0. The van der Waals surface area contributed by atoms with Gasteiger partial charge in [-0.15, -0.1) is 0 Å². The standard InChI is InChI=1S/C11H10N2O3/c12-11(15)16-6-8-7-3-1-2-4-9(7)13-5-10(8)14/h1-5,14H,6H2,(H2,12,15). The first kappa shape index (κ1) is 10.2. The molecule has 0 atom stereocenters. The van der Waals surface area contributed by atoms with Crippen LogP contribution in [0.15, 0.2) is 30.5 Å². The average Bonchev–Trinajstić information content (AvgIpc) is 2.27. The Morgan fingerprint density at radius 3 is 2.94 bits per heavy atom. The summed E-state index contributed by atoms with van der Waals surface area (Å²) in [5.41, 5.74) is 6.11. The van der Waals surface area contributed by atoms with Crippen molar-refractivity contribution < 1.29 is 14.6 Å². The fourth-order valence-electron chi connectivity index (χ4n) is 1.48. The number of ether oxygens (including phenoxy) is 1. The molecular formula is C11H10N2O3. The summed E-state index contributed by atoms with van der Waals surface area (Å²) in [5, 5.41) is 10.4. The lowest BCUT2D eigenvalue weighted by Crippen LogP contribution is -2.12. The van der Waals surface area contributed by atoms with E-state index in [9.17, 15) is 9.90 Å². The van der Waals surface area contributed by atoms with Gasteiger partial charge in [0.05, 0.1) is 11.7 Å². The fraction of sp³-hybridized carbons (Fsp3) is 0.0909. The molecule has 0 bridgehead atoms. The van der Waals surface area contributed by atoms with E-state index in [4.69, 9.17) is 5.73 Å². The molecule has 0 aliphatic rings. The van der Waals surface area contributed by atoms with Crippen LogP contribution in [-0.4, -0.2) is 16.2 Å². The first-order valence-corrected chi connectivity index (χ1v) is 4.66. The van der Waals surface area contributed by atoms with Crippen LogP contribution in [0.4, 0.5) is 4.79 Å². The Bertz CT molecular complexity index is 540. The molecule has 5 heteroatoms. The van der Waals surface area contributed by atoms with Crippen LogP contribution in [0.25, 0.3) is 10.9 Å². The van der Waals surface area contributed by atoms with Crippen LogP contribution in [0.1, 0.15) is 5.56 Å². The number of aromatic nitrogens is 1. The maximum absolute atomic E-state index is 10.5. The summed E-state index contributed by atoms with van der Waals surface area (Å²) in [6.07, 6.45) is 0.447. The number of amides is 1. The predicted octanol–water partition coefficient (Wildman–Crippen LogP) is 1.54. The second-order valence-electron chi connectivity index (χ2n) is 3.25. The maximum atomic E-state index is 10.5. The first-order valence-electron chi connectivity index (χ1n) is 4.66. The SMILES string of the molecule is NC(=O)OCc1c(O)cnc2ccccc12. The molecule has 1 amide bonds. The molecule has 0 aliphatic heterocycles. The van der Waals surface area contributed by atoms with Crippen LogP contribution in [0.3, 0.4) is 0 Å². The highest BCUT2D eigenvalue weighted by molar-refractivity contribution is 5.83. The third-order valence-corrected chi connectivity index (χ3v) is 2.22. The van der Waals surface area contributed by atoms with Crippen molar-refractivity contribution in [3.8, 4) is 5.75 Å². The number of nitrogens with two attached hydrogens (primary N) is 1. The van der Waals surface area contributed by atoms with Crippen molar-refractivity contribution in [2.75, 3.05) is 0 Å². The van der Waals surface area contributed by atoms with E-state index >= 15 is 0 Å². The molecule has 1 aromatic carbocycles. The van der Waals surface area contributed by atoms with Gasteiger partial charge in [-0.05, 0) is 6.07 Å². The zero-order valence-corrected chi connectivity index (χ0v) is 8.38. The van der Waals surface area contributed by atoms with Gasteiger partial charge in [0.15, 0.2) is 0 Å². The molecule has 3 N–H and O–H groups in total.